The Balaban J connectivity index is 1.70. The highest BCUT2D eigenvalue weighted by molar-refractivity contribution is 5.61. The molecule has 0 aromatic carbocycles. The summed E-state index contributed by atoms with van der Waals surface area (Å²) in [4.78, 5) is 10.8. The monoisotopic (exact) mass is 271 g/mol. The van der Waals surface area contributed by atoms with Crippen LogP contribution >= 0.6 is 0 Å². The third kappa shape index (κ3) is 2.99. The Hall–Kier alpha value is -1.88. The number of anilines is 1. The molecule has 1 fully saturated rings. The lowest BCUT2D eigenvalue weighted by molar-refractivity contribution is 0.221. The number of rotatable bonds is 4. The molecule has 5 nitrogen and oxygen atoms in total. The number of hydrogen-bond donors (Lipinski definition) is 1. The smallest absolute Gasteiger partial charge is 0.123 e. The Bertz CT molecular complexity index is 557. The van der Waals surface area contributed by atoms with E-state index in [0.29, 0.717) is 5.82 Å². The third-order valence-corrected chi connectivity index (χ3v) is 3.89. The van der Waals surface area contributed by atoms with Gasteiger partial charge in [-0.1, -0.05) is 6.42 Å². The molecule has 2 N–H and O–H groups in total. The molecule has 106 valence electrons. The van der Waals surface area contributed by atoms with Crippen molar-refractivity contribution in [3.63, 3.8) is 0 Å². The first-order valence-corrected chi connectivity index (χ1v) is 7.27. The molecule has 0 unspecified atom stereocenters. The van der Waals surface area contributed by atoms with Gasteiger partial charge in [0.1, 0.15) is 5.82 Å². The van der Waals surface area contributed by atoms with Gasteiger partial charge in [-0.2, -0.15) is 0 Å². The minimum atomic E-state index is 0.547. The summed E-state index contributed by atoms with van der Waals surface area (Å²) in [7, 11) is 0. The van der Waals surface area contributed by atoms with Crippen molar-refractivity contribution in [2.24, 2.45) is 0 Å². The number of nitrogens with two attached hydrogens (primary N) is 1. The van der Waals surface area contributed by atoms with Crippen molar-refractivity contribution in [2.45, 2.75) is 25.8 Å². The van der Waals surface area contributed by atoms with Gasteiger partial charge in [0.15, 0.2) is 0 Å². The van der Waals surface area contributed by atoms with Crippen LogP contribution in [-0.2, 0) is 6.54 Å². The minimum absolute atomic E-state index is 0.547. The Morgan fingerprint density at radius 1 is 1.15 bits per heavy atom. The van der Waals surface area contributed by atoms with Crippen molar-refractivity contribution in [1.82, 2.24) is 19.4 Å². The normalized spacial score (nSPS) is 16.4. The predicted molar refractivity (Wildman–Crippen MR) is 80.2 cm³/mol. The Kier molecular flexibility index (Phi) is 3.97. The minimum Gasteiger partial charge on any atom is -0.384 e. The summed E-state index contributed by atoms with van der Waals surface area (Å²) < 4.78 is 2.20. The van der Waals surface area contributed by atoms with Crippen LogP contribution < -0.4 is 5.73 Å². The topological polar surface area (TPSA) is 60.0 Å². The molecule has 0 saturated carbocycles. The van der Waals surface area contributed by atoms with Gasteiger partial charge in [-0.15, -0.1) is 0 Å². The highest BCUT2D eigenvalue weighted by Crippen LogP contribution is 2.20. The van der Waals surface area contributed by atoms with Crippen LogP contribution in [0.15, 0.2) is 30.9 Å². The first kappa shape index (κ1) is 13.1. The number of imidazole rings is 1. The van der Waals surface area contributed by atoms with E-state index in [-0.39, 0.29) is 0 Å². The van der Waals surface area contributed by atoms with Crippen molar-refractivity contribution in [2.75, 3.05) is 25.4 Å². The van der Waals surface area contributed by atoms with Gasteiger partial charge in [-0.05, 0) is 38.1 Å². The molecule has 20 heavy (non-hydrogen) atoms. The van der Waals surface area contributed by atoms with Crippen LogP contribution in [0, 0.1) is 0 Å². The number of nitrogens with zero attached hydrogens (tertiary/aromatic N) is 4. The SMILES string of the molecule is Nc1cc(-c2cncn2CCN2CCCCC2)ccn1. The summed E-state index contributed by atoms with van der Waals surface area (Å²) in [5.74, 6) is 0.547. The summed E-state index contributed by atoms with van der Waals surface area (Å²) >= 11 is 0. The summed E-state index contributed by atoms with van der Waals surface area (Å²) in [6, 6.07) is 3.87. The van der Waals surface area contributed by atoms with Crippen molar-refractivity contribution < 1.29 is 0 Å². The summed E-state index contributed by atoms with van der Waals surface area (Å²) in [5, 5.41) is 0. The molecule has 0 spiro atoms. The molecule has 3 heterocycles. The van der Waals surface area contributed by atoms with E-state index in [9.17, 15) is 0 Å². The number of pyridine rings is 1. The van der Waals surface area contributed by atoms with E-state index in [0.717, 1.165) is 24.3 Å². The van der Waals surface area contributed by atoms with Crippen LogP contribution in [0.4, 0.5) is 5.82 Å². The van der Waals surface area contributed by atoms with Crippen molar-refractivity contribution in [3.8, 4) is 11.3 Å². The van der Waals surface area contributed by atoms with E-state index in [1.54, 1.807) is 6.20 Å². The molecule has 1 aliphatic rings. The average Bonchev–Trinajstić information content (AvgIpc) is 2.95. The van der Waals surface area contributed by atoms with Gasteiger partial charge >= 0.3 is 0 Å². The summed E-state index contributed by atoms with van der Waals surface area (Å²) in [6.07, 6.45) is 9.58. The fourth-order valence-corrected chi connectivity index (χ4v) is 2.78. The van der Waals surface area contributed by atoms with Gasteiger partial charge < -0.3 is 15.2 Å². The predicted octanol–water partition coefficient (Wildman–Crippen LogP) is 2.01. The van der Waals surface area contributed by atoms with Gasteiger partial charge in [0.05, 0.1) is 18.2 Å². The first-order valence-electron chi connectivity index (χ1n) is 7.27. The molecule has 0 amide bonds. The molecule has 0 bridgehead atoms. The molecule has 2 aromatic rings. The number of piperidine rings is 1. The van der Waals surface area contributed by atoms with Crippen molar-refractivity contribution >= 4 is 5.82 Å². The fourth-order valence-electron chi connectivity index (χ4n) is 2.78. The highest BCUT2D eigenvalue weighted by atomic mass is 15.2. The quantitative estimate of drug-likeness (QED) is 0.924. The van der Waals surface area contributed by atoms with Crippen LogP contribution in [0.3, 0.4) is 0 Å². The fraction of sp³-hybridized carbons (Fsp3) is 0.467. The Morgan fingerprint density at radius 3 is 2.80 bits per heavy atom. The largest absolute Gasteiger partial charge is 0.384 e. The summed E-state index contributed by atoms with van der Waals surface area (Å²) in [5.41, 5.74) is 7.94. The van der Waals surface area contributed by atoms with Crippen LogP contribution in [-0.4, -0.2) is 39.1 Å². The van der Waals surface area contributed by atoms with Gasteiger partial charge in [0, 0.05) is 24.8 Å². The zero-order valence-corrected chi connectivity index (χ0v) is 11.7. The second kappa shape index (κ2) is 6.05. The van der Waals surface area contributed by atoms with E-state index >= 15 is 0 Å². The Morgan fingerprint density at radius 2 is 2.00 bits per heavy atom. The molecule has 0 aliphatic carbocycles. The van der Waals surface area contributed by atoms with E-state index in [1.807, 2.05) is 24.7 Å². The lowest BCUT2D eigenvalue weighted by Gasteiger charge is -2.26. The molecular weight excluding hydrogens is 250 g/mol. The first-order chi connectivity index (χ1) is 9.83. The summed E-state index contributed by atoms with van der Waals surface area (Å²) in [6.45, 7) is 4.51. The van der Waals surface area contributed by atoms with Crippen LogP contribution in [0.1, 0.15) is 19.3 Å². The third-order valence-electron chi connectivity index (χ3n) is 3.89. The van der Waals surface area contributed by atoms with E-state index in [2.05, 4.69) is 19.4 Å². The van der Waals surface area contributed by atoms with E-state index < -0.39 is 0 Å². The van der Waals surface area contributed by atoms with Crippen LogP contribution in [0.5, 0.6) is 0 Å². The van der Waals surface area contributed by atoms with E-state index in [1.165, 1.54) is 32.4 Å². The molecule has 0 atom stereocenters. The molecule has 0 radical (unpaired) electrons. The van der Waals surface area contributed by atoms with Gasteiger partial charge in [0.25, 0.3) is 0 Å². The van der Waals surface area contributed by atoms with Gasteiger partial charge in [-0.3, -0.25) is 0 Å². The molecule has 5 heteroatoms. The van der Waals surface area contributed by atoms with Crippen molar-refractivity contribution in [3.05, 3.63) is 30.9 Å². The number of nitrogen functional groups attached to an aromatic ring is 1. The molecule has 2 aromatic heterocycles. The number of aromatic nitrogens is 3. The Labute approximate surface area is 119 Å². The maximum atomic E-state index is 5.76. The second-order valence-electron chi connectivity index (χ2n) is 5.34. The maximum Gasteiger partial charge on any atom is 0.123 e. The number of hydrogen-bond acceptors (Lipinski definition) is 4. The van der Waals surface area contributed by atoms with E-state index in [4.69, 9.17) is 5.73 Å². The van der Waals surface area contributed by atoms with Gasteiger partial charge in [0.2, 0.25) is 0 Å². The number of likely N-dealkylation sites (tertiary alicyclic amines) is 1. The maximum absolute atomic E-state index is 5.76. The van der Waals surface area contributed by atoms with Crippen LogP contribution in [0.25, 0.3) is 11.3 Å². The zero-order valence-electron chi connectivity index (χ0n) is 11.7. The molecular formula is C15H21N5. The van der Waals surface area contributed by atoms with Crippen LogP contribution in [0.2, 0.25) is 0 Å². The second-order valence-corrected chi connectivity index (χ2v) is 5.34. The highest BCUT2D eigenvalue weighted by Gasteiger charge is 2.11. The molecule has 1 saturated heterocycles. The van der Waals surface area contributed by atoms with Crippen molar-refractivity contribution in [1.29, 1.82) is 0 Å². The average molecular weight is 271 g/mol. The standard InChI is InChI=1S/C15H21N5/c16-15-10-13(4-5-18-15)14-11-17-12-20(14)9-8-19-6-2-1-3-7-19/h4-5,10-12H,1-3,6-9H2,(H2,16,18). The van der Waals surface area contributed by atoms with Gasteiger partial charge in [-0.25, -0.2) is 9.97 Å². The molecule has 3 rings (SSSR count). The lowest BCUT2D eigenvalue weighted by atomic mass is 10.1. The molecule has 1 aliphatic heterocycles. The lowest BCUT2D eigenvalue weighted by Crippen LogP contribution is -2.32. The zero-order chi connectivity index (χ0) is 13.8.